The number of aromatic nitrogens is 1. The van der Waals surface area contributed by atoms with Crippen LogP contribution in [-0.4, -0.2) is 34.7 Å². The Labute approximate surface area is 183 Å². The van der Waals surface area contributed by atoms with Gasteiger partial charge >= 0.3 is 0 Å². The van der Waals surface area contributed by atoms with Crippen LogP contribution in [0.2, 0.25) is 0 Å². The summed E-state index contributed by atoms with van der Waals surface area (Å²) in [6.07, 6.45) is -0.260. The van der Waals surface area contributed by atoms with Crippen molar-refractivity contribution in [3.63, 3.8) is 0 Å². The molecule has 0 spiro atoms. The highest BCUT2D eigenvalue weighted by atomic mass is 32.2. The van der Waals surface area contributed by atoms with Gasteiger partial charge in [0.15, 0.2) is 0 Å². The second-order valence-electron chi connectivity index (χ2n) is 8.00. The predicted octanol–water partition coefficient (Wildman–Crippen LogP) is 2.71. The van der Waals surface area contributed by atoms with E-state index < -0.39 is 38.1 Å². The number of aliphatic hydroxyl groups is 1. The number of aliphatic hydroxyl groups excluding tert-OH is 1. The minimum absolute atomic E-state index is 0.0542. The number of hydrogen-bond acceptors (Lipinski definition) is 7. The molecule has 10 heteroatoms. The van der Waals surface area contributed by atoms with E-state index in [1.165, 1.54) is 30.3 Å². The molecule has 0 saturated heterocycles. The van der Waals surface area contributed by atoms with E-state index >= 15 is 0 Å². The van der Waals surface area contributed by atoms with Crippen LogP contribution in [0.15, 0.2) is 81.4 Å². The molecular formula is C22H20N2O7S. The summed E-state index contributed by atoms with van der Waals surface area (Å²) in [6.45, 7) is 3.23. The molecule has 1 N–H and O–H groups in total. The molecule has 3 aromatic rings. The van der Waals surface area contributed by atoms with Crippen LogP contribution in [0.5, 0.6) is 5.75 Å². The summed E-state index contributed by atoms with van der Waals surface area (Å²) in [4.78, 5) is 23.3. The summed E-state index contributed by atoms with van der Waals surface area (Å²) in [6, 6.07) is 13.0. The average Bonchev–Trinajstić information content (AvgIpc) is 2.75. The highest BCUT2D eigenvalue weighted by Gasteiger charge is 2.45. The second kappa shape index (κ2) is 7.57. The average molecular weight is 456 g/mol. The summed E-state index contributed by atoms with van der Waals surface area (Å²) in [5.74, 6) is 0.274. The molecule has 32 heavy (non-hydrogen) atoms. The first kappa shape index (κ1) is 21.7. The number of hydrogen-bond donors (Lipinski definition) is 1. The highest BCUT2D eigenvalue weighted by Crippen LogP contribution is 2.43. The molecule has 2 aromatic carbocycles. The molecule has 0 saturated carbocycles. The van der Waals surface area contributed by atoms with Gasteiger partial charge in [-0.2, -0.15) is 0 Å². The Kier molecular flexibility index (Phi) is 5.14. The highest BCUT2D eigenvalue weighted by molar-refractivity contribution is 7.91. The van der Waals surface area contributed by atoms with Crippen molar-refractivity contribution in [2.45, 2.75) is 41.4 Å². The molecule has 2 unspecified atom stereocenters. The number of pyridine rings is 1. The van der Waals surface area contributed by atoms with Crippen LogP contribution < -0.4 is 10.3 Å². The zero-order valence-corrected chi connectivity index (χ0v) is 18.0. The maximum absolute atomic E-state index is 13.1. The summed E-state index contributed by atoms with van der Waals surface area (Å²) in [7, 11) is -3.89. The van der Waals surface area contributed by atoms with Crippen LogP contribution >= 0.6 is 0 Å². The lowest BCUT2D eigenvalue weighted by Crippen LogP contribution is -2.52. The lowest BCUT2D eigenvalue weighted by molar-refractivity contribution is -0.385. The number of rotatable bonds is 4. The van der Waals surface area contributed by atoms with Crippen LogP contribution in [0.25, 0.3) is 0 Å². The van der Waals surface area contributed by atoms with Crippen molar-refractivity contribution < 1.29 is 23.2 Å². The largest absolute Gasteiger partial charge is 0.485 e. The molecule has 2 atom stereocenters. The van der Waals surface area contributed by atoms with E-state index in [2.05, 4.69) is 0 Å². The van der Waals surface area contributed by atoms with Crippen molar-refractivity contribution in [2.75, 3.05) is 0 Å². The smallest absolute Gasteiger partial charge is 0.285 e. The van der Waals surface area contributed by atoms with Crippen molar-refractivity contribution in [1.82, 2.24) is 4.57 Å². The van der Waals surface area contributed by atoms with Crippen molar-refractivity contribution >= 4 is 15.5 Å². The Bertz CT molecular complexity index is 1360. The van der Waals surface area contributed by atoms with Gasteiger partial charge < -0.3 is 9.84 Å². The molecule has 1 aliphatic heterocycles. The number of nitrogens with zero attached hydrogens (tertiary/aromatic N) is 2. The summed E-state index contributed by atoms with van der Waals surface area (Å²) < 4.78 is 33.2. The van der Waals surface area contributed by atoms with Gasteiger partial charge in [-0.1, -0.05) is 18.2 Å². The third-order valence-corrected chi connectivity index (χ3v) is 7.25. The van der Waals surface area contributed by atoms with Gasteiger partial charge in [0, 0.05) is 17.7 Å². The summed E-state index contributed by atoms with van der Waals surface area (Å²) in [5.41, 5.74) is -1.84. The van der Waals surface area contributed by atoms with Gasteiger partial charge in [0.1, 0.15) is 17.5 Å². The molecule has 0 fully saturated rings. The number of benzene rings is 2. The molecule has 0 radical (unpaired) electrons. The maximum Gasteiger partial charge on any atom is 0.285 e. The third-order valence-electron chi connectivity index (χ3n) is 5.48. The van der Waals surface area contributed by atoms with E-state index in [4.69, 9.17) is 4.74 Å². The van der Waals surface area contributed by atoms with Crippen LogP contribution in [0.3, 0.4) is 0 Å². The lowest BCUT2D eigenvalue weighted by atomic mass is 9.86. The van der Waals surface area contributed by atoms with Crippen molar-refractivity contribution in [2.24, 2.45) is 0 Å². The Hall–Kier alpha value is -3.50. The number of nitro groups is 1. The summed E-state index contributed by atoms with van der Waals surface area (Å²) >= 11 is 0. The van der Waals surface area contributed by atoms with Crippen LogP contribution in [0, 0.1) is 10.1 Å². The Balaban J connectivity index is 1.94. The van der Waals surface area contributed by atoms with E-state index in [-0.39, 0.29) is 26.8 Å². The Morgan fingerprint density at radius 1 is 1.06 bits per heavy atom. The van der Waals surface area contributed by atoms with E-state index in [9.17, 15) is 28.4 Å². The monoisotopic (exact) mass is 456 g/mol. The minimum atomic E-state index is -3.89. The van der Waals surface area contributed by atoms with Crippen molar-refractivity contribution in [1.29, 1.82) is 0 Å². The third kappa shape index (κ3) is 3.57. The molecule has 2 heterocycles. The zero-order chi connectivity index (χ0) is 23.3. The molecule has 1 aliphatic rings. The van der Waals surface area contributed by atoms with Gasteiger partial charge in [-0.25, -0.2) is 8.42 Å². The fourth-order valence-electron chi connectivity index (χ4n) is 3.77. The van der Waals surface area contributed by atoms with Gasteiger partial charge in [0.25, 0.3) is 11.2 Å². The van der Waals surface area contributed by atoms with E-state index in [1.807, 2.05) is 0 Å². The minimum Gasteiger partial charge on any atom is -0.485 e. The number of fused-ring (bicyclic) bond motifs is 1. The van der Waals surface area contributed by atoms with Gasteiger partial charge in [0.2, 0.25) is 9.84 Å². The standard InChI is InChI=1S/C22H20N2O7S/c1-22(2)21(26)20(23-13-14(24(27)28)8-11-19(23)25)17-12-16(9-10-18(17)31-22)32(29,30)15-6-4-3-5-7-15/h3-13,20-21,26H,1-2H3. The lowest BCUT2D eigenvalue weighted by Gasteiger charge is -2.42. The maximum atomic E-state index is 13.1. The van der Waals surface area contributed by atoms with E-state index in [1.54, 1.807) is 32.0 Å². The van der Waals surface area contributed by atoms with Crippen molar-refractivity contribution in [3.8, 4) is 5.75 Å². The van der Waals surface area contributed by atoms with Gasteiger partial charge in [-0.05, 0) is 44.2 Å². The fraction of sp³-hybridized carbons (Fsp3) is 0.227. The normalized spacial score (nSPS) is 19.6. The van der Waals surface area contributed by atoms with E-state index in [0.717, 1.165) is 22.9 Å². The zero-order valence-electron chi connectivity index (χ0n) is 17.2. The Morgan fingerprint density at radius 3 is 2.41 bits per heavy atom. The quantitative estimate of drug-likeness (QED) is 0.472. The number of ether oxygens (including phenoxy) is 1. The van der Waals surface area contributed by atoms with Crippen LogP contribution in [0.4, 0.5) is 5.69 Å². The molecular weight excluding hydrogens is 436 g/mol. The van der Waals surface area contributed by atoms with Crippen LogP contribution in [0.1, 0.15) is 25.5 Å². The first-order valence-electron chi connectivity index (χ1n) is 9.70. The Morgan fingerprint density at radius 2 is 1.75 bits per heavy atom. The van der Waals surface area contributed by atoms with E-state index in [0.29, 0.717) is 0 Å². The molecule has 0 bridgehead atoms. The molecule has 166 valence electrons. The number of sulfone groups is 1. The predicted molar refractivity (Wildman–Crippen MR) is 115 cm³/mol. The molecule has 0 amide bonds. The molecule has 1 aromatic heterocycles. The van der Waals surface area contributed by atoms with Crippen LogP contribution in [-0.2, 0) is 9.84 Å². The molecule has 0 aliphatic carbocycles. The van der Waals surface area contributed by atoms with Crippen molar-refractivity contribution in [3.05, 3.63) is 92.9 Å². The first-order chi connectivity index (χ1) is 15.0. The SMILES string of the molecule is CC1(C)Oc2ccc(S(=O)(=O)c3ccccc3)cc2C(n2cc([N+](=O)[O-])ccc2=O)C1O. The van der Waals surface area contributed by atoms with Gasteiger partial charge in [0.05, 0.1) is 27.0 Å². The summed E-state index contributed by atoms with van der Waals surface area (Å²) in [5, 5.41) is 22.3. The van der Waals surface area contributed by atoms with Gasteiger partial charge in [-0.15, -0.1) is 0 Å². The first-order valence-corrected chi connectivity index (χ1v) is 11.2. The molecule has 9 nitrogen and oxygen atoms in total. The molecule has 4 rings (SSSR count). The topological polar surface area (TPSA) is 129 Å². The van der Waals surface area contributed by atoms with Gasteiger partial charge in [-0.3, -0.25) is 19.5 Å². The fourth-order valence-corrected chi connectivity index (χ4v) is 5.08. The second-order valence-corrected chi connectivity index (χ2v) is 9.95.